The van der Waals surface area contributed by atoms with Crippen molar-refractivity contribution in [2.75, 3.05) is 16.0 Å². The van der Waals surface area contributed by atoms with Crippen molar-refractivity contribution in [1.29, 1.82) is 0 Å². The summed E-state index contributed by atoms with van der Waals surface area (Å²) in [5.74, 6) is -1.92. The fourth-order valence-electron chi connectivity index (χ4n) is 3.00. The Kier molecular flexibility index (Phi) is 6.42. The highest BCUT2D eigenvalue weighted by Gasteiger charge is 2.32. The van der Waals surface area contributed by atoms with Crippen molar-refractivity contribution in [3.8, 4) is 0 Å². The molecule has 1 aliphatic rings. The van der Waals surface area contributed by atoms with Crippen LogP contribution in [0.3, 0.4) is 0 Å². The lowest BCUT2D eigenvalue weighted by Crippen LogP contribution is -2.31. The van der Waals surface area contributed by atoms with Gasteiger partial charge in [0.2, 0.25) is 5.91 Å². The van der Waals surface area contributed by atoms with Crippen LogP contribution in [0.5, 0.6) is 0 Å². The Balaban J connectivity index is 1.57. The zero-order valence-electron chi connectivity index (χ0n) is 16.7. The van der Waals surface area contributed by atoms with Crippen LogP contribution in [-0.2, 0) is 9.59 Å². The van der Waals surface area contributed by atoms with Gasteiger partial charge >= 0.3 is 0 Å². The van der Waals surface area contributed by atoms with Crippen molar-refractivity contribution in [3.63, 3.8) is 0 Å². The summed E-state index contributed by atoms with van der Waals surface area (Å²) in [6.07, 6.45) is 1.64. The van der Waals surface area contributed by atoms with E-state index in [0.29, 0.717) is 5.69 Å². The number of nitrogens with one attached hydrogen (secondary N) is 1. The van der Waals surface area contributed by atoms with Gasteiger partial charge in [-0.1, -0.05) is 54.2 Å². The third-order valence-corrected chi connectivity index (χ3v) is 5.44. The van der Waals surface area contributed by atoms with Gasteiger partial charge in [-0.05, 0) is 48.0 Å². The van der Waals surface area contributed by atoms with E-state index in [4.69, 9.17) is 0 Å². The predicted molar refractivity (Wildman–Crippen MR) is 123 cm³/mol. The lowest BCUT2D eigenvalue weighted by atomic mass is 10.2. The van der Waals surface area contributed by atoms with Gasteiger partial charge in [0.05, 0.1) is 17.1 Å². The van der Waals surface area contributed by atoms with Crippen molar-refractivity contribution in [3.05, 3.63) is 102 Å². The number of hydrogen-bond donors (Lipinski definition) is 1. The molecular formula is C24H17F2N3O2S. The summed E-state index contributed by atoms with van der Waals surface area (Å²) in [5.41, 5.74) is 1.48. The Morgan fingerprint density at radius 3 is 2.38 bits per heavy atom. The van der Waals surface area contributed by atoms with Crippen molar-refractivity contribution in [2.45, 2.75) is 0 Å². The minimum Gasteiger partial charge on any atom is -0.323 e. The van der Waals surface area contributed by atoms with Gasteiger partial charge < -0.3 is 5.32 Å². The monoisotopic (exact) mass is 449 g/mol. The third-order valence-electron chi connectivity index (χ3n) is 4.50. The summed E-state index contributed by atoms with van der Waals surface area (Å²) < 4.78 is 27.2. The van der Waals surface area contributed by atoms with Crippen molar-refractivity contribution < 1.29 is 18.4 Å². The van der Waals surface area contributed by atoms with Gasteiger partial charge in [0.25, 0.3) is 5.91 Å². The maximum absolute atomic E-state index is 13.8. The topological polar surface area (TPSA) is 61.8 Å². The fourth-order valence-corrected chi connectivity index (χ4v) is 3.81. The molecule has 0 aromatic heterocycles. The highest BCUT2D eigenvalue weighted by Crippen LogP contribution is 2.29. The number of nitrogens with zero attached hydrogens (tertiary/aromatic N) is 2. The first-order valence-corrected chi connectivity index (χ1v) is 10.6. The molecule has 0 fully saturated rings. The zero-order valence-corrected chi connectivity index (χ0v) is 17.5. The number of aliphatic imine (C=N–C) groups is 1. The lowest BCUT2D eigenvalue weighted by molar-refractivity contribution is -0.114. The first kappa shape index (κ1) is 21.5. The minimum absolute atomic E-state index is 0.0718. The Morgan fingerprint density at radius 1 is 0.969 bits per heavy atom. The highest BCUT2D eigenvalue weighted by atomic mass is 32.2. The van der Waals surface area contributed by atoms with Crippen LogP contribution in [0.2, 0.25) is 0 Å². The molecule has 2 amide bonds. The van der Waals surface area contributed by atoms with Crippen LogP contribution in [0.1, 0.15) is 5.56 Å². The molecule has 0 saturated carbocycles. The van der Waals surface area contributed by atoms with Crippen molar-refractivity contribution in [1.82, 2.24) is 0 Å². The molecule has 3 aromatic carbocycles. The number of thioether (sulfide) groups is 1. The van der Waals surface area contributed by atoms with E-state index < -0.39 is 23.4 Å². The second-order valence-corrected chi connectivity index (χ2v) is 7.71. The number of amidine groups is 1. The molecular weight excluding hydrogens is 432 g/mol. The van der Waals surface area contributed by atoms with E-state index in [1.807, 2.05) is 30.3 Å². The number of rotatable bonds is 5. The Morgan fingerprint density at radius 2 is 1.66 bits per heavy atom. The van der Waals surface area contributed by atoms with Crippen molar-refractivity contribution >= 4 is 46.2 Å². The van der Waals surface area contributed by atoms with E-state index in [0.717, 1.165) is 17.3 Å². The predicted octanol–water partition coefficient (Wildman–Crippen LogP) is 5.08. The number of hydrogen-bond acceptors (Lipinski definition) is 4. The second-order valence-electron chi connectivity index (χ2n) is 6.77. The molecule has 1 N–H and O–H groups in total. The molecule has 3 aromatic rings. The zero-order chi connectivity index (χ0) is 22.5. The molecule has 0 atom stereocenters. The van der Waals surface area contributed by atoms with E-state index in [1.54, 1.807) is 12.1 Å². The first-order chi connectivity index (χ1) is 15.5. The summed E-state index contributed by atoms with van der Waals surface area (Å²) in [6, 6.07) is 20.5. The number of carbonyl (C=O) groups excluding carboxylic acids is 2. The van der Waals surface area contributed by atoms with Crippen LogP contribution in [0, 0.1) is 11.6 Å². The molecule has 0 unspecified atom stereocenters. The molecule has 1 aliphatic heterocycles. The molecule has 0 bridgehead atoms. The van der Waals surface area contributed by atoms with E-state index in [1.165, 1.54) is 47.4 Å². The largest absolute Gasteiger partial charge is 0.323 e. The second kappa shape index (κ2) is 9.57. The van der Waals surface area contributed by atoms with Crippen LogP contribution < -0.4 is 10.2 Å². The van der Waals surface area contributed by atoms with Gasteiger partial charge in [-0.15, -0.1) is 0 Å². The molecule has 32 heavy (non-hydrogen) atoms. The smallest absolute Gasteiger partial charge is 0.283 e. The van der Waals surface area contributed by atoms with Gasteiger partial charge in [-0.3, -0.25) is 14.5 Å². The maximum atomic E-state index is 13.8. The summed E-state index contributed by atoms with van der Waals surface area (Å²) >= 11 is 1.03. The van der Waals surface area contributed by atoms with Gasteiger partial charge in [0.15, 0.2) is 5.17 Å². The van der Waals surface area contributed by atoms with Crippen LogP contribution in [0.4, 0.5) is 20.2 Å². The first-order valence-electron chi connectivity index (χ1n) is 9.64. The van der Waals surface area contributed by atoms with Crippen molar-refractivity contribution in [2.24, 2.45) is 4.99 Å². The van der Waals surface area contributed by atoms with Gasteiger partial charge in [0, 0.05) is 0 Å². The molecule has 0 aliphatic carbocycles. The third kappa shape index (κ3) is 4.92. The minimum atomic E-state index is -0.541. The van der Waals surface area contributed by atoms with Gasteiger partial charge in [-0.2, -0.15) is 0 Å². The van der Waals surface area contributed by atoms with Gasteiger partial charge in [-0.25, -0.2) is 13.8 Å². The Bertz CT molecular complexity index is 1210. The van der Waals surface area contributed by atoms with Crippen LogP contribution in [0.25, 0.3) is 6.08 Å². The Hall–Kier alpha value is -3.78. The van der Waals surface area contributed by atoms with Crippen LogP contribution in [-0.4, -0.2) is 22.7 Å². The average molecular weight is 449 g/mol. The van der Waals surface area contributed by atoms with E-state index in [-0.39, 0.29) is 22.3 Å². The quantitative estimate of drug-likeness (QED) is 0.553. The van der Waals surface area contributed by atoms with Crippen LogP contribution >= 0.6 is 11.8 Å². The maximum Gasteiger partial charge on any atom is 0.283 e. The van der Waals surface area contributed by atoms with E-state index >= 15 is 0 Å². The molecule has 4 rings (SSSR count). The molecule has 8 heteroatoms. The SMILES string of the molecule is O=C(CSC1=NC(=Cc2ccccc2)C(=O)N1c1ccc(F)cc1)Nc1ccccc1F. The lowest BCUT2D eigenvalue weighted by Gasteiger charge is -2.17. The average Bonchev–Trinajstić information content (AvgIpc) is 3.10. The summed E-state index contributed by atoms with van der Waals surface area (Å²) in [7, 11) is 0. The number of halogens is 2. The fraction of sp³-hybridized carbons (Fsp3) is 0.0417. The number of para-hydroxylation sites is 1. The van der Waals surface area contributed by atoms with E-state index in [9.17, 15) is 18.4 Å². The molecule has 0 saturated heterocycles. The molecule has 160 valence electrons. The number of carbonyl (C=O) groups is 2. The van der Waals surface area contributed by atoms with E-state index in [2.05, 4.69) is 10.3 Å². The number of amides is 2. The van der Waals surface area contributed by atoms with Gasteiger partial charge in [0.1, 0.15) is 17.3 Å². The molecule has 0 spiro atoms. The molecule has 0 radical (unpaired) electrons. The standard InChI is InChI=1S/C24H17F2N3O2S/c25-17-10-12-18(13-11-17)29-23(31)21(14-16-6-2-1-3-7-16)28-24(29)32-15-22(30)27-20-9-5-4-8-19(20)26/h1-14H,15H2,(H,27,30). The number of benzene rings is 3. The summed E-state index contributed by atoms with van der Waals surface area (Å²) in [5, 5.41) is 2.77. The Labute approximate surface area is 187 Å². The highest BCUT2D eigenvalue weighted by molar-refractivity contribution is 8.14. The molecule has 1 heterocycles. The summed E-state index contributed by atoms with van der Waals surface area (Å²) in [4.78, 5) is 31.2. The molecule has 5 nitrogen and oxygen atoms in total. The number of anilines is 2. The van der Waals surface area contributed by atoms with Crippen LogP contribution in [0.15, 0.2) is 89.6 Å². The summed E-state index contributed by atoms with van der Waals surface area (Å²) in [6.45, 7) is 0. The normalized spacial score (nSPS) is 14.6.